The van der Waals surface area contributed by atoms with Crippen LogP contribution in [-0.4, -0.2) is 50.5 Å². The summed E-state index contributed by atoms with van der Waals surface area (Å²) in [6, 6.07) is 10.3. The van der Waals surface area contributed by atoms with Gasteiger partial charge in [0.2, 0.25) is 21.8 Å². The molecule has 0 radical (unpaired) electrons. The molecule has 0 aliphatic carbocycles. The number of halogens is 4. The Balaban J connectivity index is 2.45. The molecule has 1 N–H and O–H groups in total. The second-order valence-electron chi connectivity index (χ2n) is 7.51. The van der Waals surface area contributed by atoms with Gasteiger partial charge >= 0.3 is 6.18 Å². The molecule has 0 heterocycles. The molecule has 2 aromatic rings. The Morgan fingerprint density at radius 2 is 1.74 bits per heavy atom. The minimum Gasteiger partial charge on any atom is -0.355 e. The van der Waals surface area contributed by atoms with Crippen molar-refractivity contribution < 1.29 is 31.2 Å². The van der Waals surface area contributed by atoms with E-state index in [0.717, 1.165) is 18.4 Å². The topological polar surface area (TPSA) is 86.8 Å². The van der Waals surface area contributed by atoms with Gasteiger partial charge in [0.15, 0.2) is 0 Å². The predicted molar refractivity (Wildman–Crippen MR) is 124 cm³/mol. The van der Waals surface area contributed by atoms with Gasteiger partial charge in [0.05, 0.1) is 22.5 Å². The van der Waals surface area contributed by atoms with Crippen molar-refractivity contribution in [3.8, 4) is 0 Å². The highest BCUT2D eigenvalue weighted by Crippen LogP contribution is 2.37. The molecular weight excluding hydrogens is 495 g/mol. The fourth-order valence-corrected chi connectivity index (χ4v) is 4.25. The van der Waals surface area contributed by atoms with Crippen LogP contribution in [0.3, 0.4) is 0 Å². The van der Waals surface area contributed by atoms with E-state index < -0.39 is 51.2 Å². The molecule has 2 aromatic carbocycles. The SMILES string of the molecule is CCNC(=O)C(C)N(Cc1ccccc1)C(=O)CN(c1ccc(Cl)c(C(F)(F)F)c1)S(C)(=O)=O. The first-order valence-electron chi connectivity index (χ1n) is 10.2. The molecule has 0 aliphatic rings. The third kappa shape index (κ3) is 7.10. The van der Waals surface area contributed by atoms with Crippen molar-refractivity contribution in [2.45, 2.75) is 32.6 Å². The predicted octanol–water partition coefficient (Wildman–Crippen LogP) is 3.68. The summed E-state index contributed by atoms with van der Waals surface area (Å²) < 4.78 is 65.4. The van der Waals surface area contributed by atoms with Crippen molar-refractivity contribution in [1.29, 1.82) is 0 Å². The van der Waals surface area contributed by atoms with E-state index in [1.165, 1.54) is 11.8 Å². The summed E-state index contributed by atoms with van der Waals surface area (Å²) in [5, 5.41) is 2.00. The third-order valence-electron chi connectivity index (χ3n) is 4.94. The maximum atomic E-state index is 13.3. The van der Waals surface area contributed by atoms with Crippen molar-refractivity contribution in [3.05, 3.63) is 64.7 Å². The van der Waals surface area contributed by atoms with Gasteiger partial charge in [-0.05, 0) is 37.6 Å². The number of anilines is 1. The molecule has 1 atom stereocenters. The second-order valence-corrected chi connectivity index (χ2v) is 9.82. The zero-order valence-electron chi connectivity index (χ0n) is 18.8. The van der Waals surface area contributed by atoms with E-state index in [1.807, 2.05) is 0 Å². The molecule has 2 rings (SSSR count). The quantitative estimate of drug-likeness (QED) is 0.547. The highest BCUT2D eigenvalue weighted by molar-refractivity contribution is 7.92. The van der Waals surface area contributed by atoms with Gasteiger partial charge in [-0.3, -0.25) is 13.9 Å². The average molecular weight is 520 g/mol. The monoisotopic (exact) mass is 519 g/mol. The molecule has 2 amide bonds. The molecule has 0 fully saturated rings. The van der Waals surface area contributed by atoms with Gasteiger partial charge in [-0.25, -0.2) is 8.42 Å². The molecule has 0 saturated heterocycles. The largest absolute Gasteiger partial charge is 0.417 e. The minimum absolute atomic E-state index is 0.00993. The minimum atomic E-state index is -4.83. The van der Waals surface area contributed by atoms with Crippen LogP contribution in [0, 0.1) is 0 Å². The smallest absolute Gasteiger partial charge is 0.355 e. The van der Waals surface area contributed by atoms with Crippen LogP contribution in [0.4, 0.5) is 18.9 Å². The number of carbonyl (C=O) groups is 2. The third-order valence-corrected chi connectivity index (χ3v) is 6.41. The summed E-state index contributed by atoms with van der Waals surface area (Å²) in [6.07, 6.45) is -4.05. The van der Waals surface area contributed by atoms with Crippen LogP contribution in [0.15, 0.2) is 48.5 Å². The van der Waals surface area contributed by atoms with Gasteiger partial charge < -0.3 is 10.2 Å². The number of nitrogens with one attached hydrogen (secondary N) is 1. The van der Waals surface area contributed by atoms with Gasteiger partial charge in [0.25, 0.3) is 0 Å². The molecule has 12 heteroatoms. The summed E-state index contributed by atoms with van der Waals surface area (Å²) in [5.74, 6) is -1.22. The van der Waals surface area contributed by atoms with E-state index in [0.29, 0.717) is 22.5 Å². The lowest BCUT2D eigenvalue weighted by Gasteiger charge is -2.31. The molecule has 0 bridgehead atoms. The van der Waals surface area contributed by atoms with Crippen LogP contribution >= 0.6 is 11.6 Å². The number of benzene rings is 2. The molecule has 7 nitrogen and oxygen atoms in total. The lowest BCUT2D eigenvalue weighted by Crippen LogP contribution is -2.51. The first-order chi connectivity index (χ1) is 15.8. The molecule has 34 heavy (non-hydrogen) atoms. The van der Waals surface area contributed by atoms with Crippen LogP contribution in [0.1, 0.15) is 25.0 Å². The second kappa shape index (κ2) is 11.1. The molecule has 0 saturated carbocycles. The summed E-state index contributed by atoms with van der Waals surface area (Å²) >= 11 is 5.64. The summed E-state index contributed by atoms with van der Waals surface area (Å²) in [5.41, 5.74) is -0.925. The Bertz CT molecular complexity index is 1130. The Kier molecular flexibility index (Phi) is 8.96. The molecule has 0 aliphatic heterocycles. The van der Waals surface area contributed by atoms with Gasteiger partial charge in [0, 0.05) is 13.1 Å². The Hall–Kier alpha value is -2.79. The number of sulfonamides is 1. The fraction of sp³-hybridized carbons (Fsp3) is 0.364. The van der Waals surface area contributed by atoms with Crippen LogP contribution in [0.5, 0.6) is 0 Å². The lowest BCUT2D eigenvalue weighted by molar-refractivity contribution is -0.139. The number of likely N-dealkylation sites (N-methyl/N-ethyl adjacent to an activating group) is 1. The van der Waals surface area contributed by atoms with Crippen molar-refractivity contribution in [1.82, 2.24) is 10.2 Å². The van der Waals surface area contributed by atoms with Gasteiger partial charge in [-0.15, -0.1) is 0 Å². The summed E-state index contributed by atoms with van der Waals surface area (Å²) in [6.45, 7) is 2.69. The molecule has 186 valence electrons. The van der Waals surface area contributed by atoms with E-state index in [1.54, 1.807) is 37.3 Å². The van der Waals surface area contributed by atoms with Gasteiger partial charge in [-0.1, -0.05) is 41.9 Å². The van der Waals surface area contributed by atoms with E-state index >= 15 is 0 Å². The lowest BCUT2D eigenvalue weighted by atomic mass is 10.1. The maximum Gasteiger partial charge on any atom is 0.417 e. The van der Waals surface area contributed by atoms with Crippen LogP contribution in [0.25, 0.3) is 0 Å². The number of alkyl halides is 3. The first-order valence-corrected chi connectivity index (χ1v) is 12.4. The standard InChI is InChI=1S/C22H25ClF3N3O4S/c1-4-27-21(31)15(2)28(13-16-8-6-5-7-9-16)20(30)14-29(34(3,32)33)17-10-11-19(23)18(12-17)22(24,25)26/h5-12,15H,4,13-14H2,1-3H3,(H,27,31). The Morgan fingerprint density at radius 1 is 1.12 bits per heavy atom. The number of hydrogen-bond acceptors (Lipinski definition) is 4. The summed E-state index contributed by atoms with van der Waals surface area (Å²) in [4.78, 5) is 26.9. The Labute approximate surface area is 201 Å². The van der Waals surface area contributed by atoms with E-state index in [-0.39, 0.29) is 12.2 Å². The number of amides is 2. The molecule has 0 aromatic heterocycles. The first kappa shape index (κ1) is 27.5. The maximum absolute atomic E-state index is 13.3. The van der Waals surface area contributed by atoms with E-state index in [9.17, 15) is 31.2 Å². The summed E-state index contributed by atoms with van der Waals surface area (Å²) in [7, 11) is -4.18. The van der Waals surface area contributed by atoms with Gasteiger partial charge in [-0.2, -0.15) is 13.2 Å². The zero-order valence-corrected chi connectivity index (χ0v) is 20.3. The average Bonchev–Trinajstić information content (AvgIpc) is 2.75. The Morgan fingerprint density at radius 3 is 2.26 bits per heavy atom. The number of carbonyl (C=O) groups excluding carboxylic acids is 2. The number of nitrogens with zero attached hydrogens (tertiary/aromatic N) is 2. The normalized spacial score (nSPS) is 12.7. The number of rotatable bonds is 9. The number of hydrogen-bond donors (Lipinski definition) is 1. The molecule has 1 unspecified atom stereocenters. The van der Waals surface area contributed by atoms with Crippen molar-refractivity contribution in [2.24, 2.45) is 0 Å². The zero-order chi connectivity index (χ0) is 25.7. The van der Waals surface area contributed by atoms with Crippen molar-refractivity contribution >= 4 is 39.1 Å². The van der Waals surface area contributed by atoms with Crippen molar-refractivity contribution in [2.75, 3.05) is 23.7 Å². The van der Waals surface area contributed by atoms with E-state index in [2.05, 4.69) is 5.32 Å². The highest BCUT2D eigenvalue weighted by Gasteiger charge is 2.35. The molecular formula is C22H25ClF3N3O4S. The highest BCUT2D eigenvalue weighted by atomic mass is 35.5. The van der Waals surface area contributed by atoms with Crippen molar-refractivity contribution in [3.63, 3.8) is 0 Å². The van der Waals surface area contributed by atoms with Crippen LogP contribution < -0.4 is 9.62 Å². The molecule has 0 spiro atoms. The van der Waals surface area contributed by atoms with Crippen LogP contribution in [0.2, 0.25) is 5.02 Å². The van der Waals surface area contributed by atoms with Gasteiger partial charge in [0.1, 0.15) is 12.6 Å². The fourth-order valence-electron chi connectivity index (χ4n) is 3.18. The van der Waals surface area contributed by atoms with E-state index in [4.69, 9.17) is 11.6 Å². The van der Waals surface area contributed by atoms with Crippen LogP contribution in [-0.2, 0) is 32.3 Å².